The summed E-state index contributed by atoms with van der Waals surface area (Å²) in [6.45, 7) is 0. The van der Waals surface area contributed by atoms with E-state index in [0.29, 0.717) is 0 Å². The van der Waals surface area contributed by atoms with Gasteiger partial charge in [0, 0.05) is 26.4 Å². The van der Waals surface area contributed by atoms with E-state index >= 15 is 0 Å². The van der Waals surface area contributed by atoms with E-state index in [2.05, 4.69) is 4.74 Å². The molecule has 0 aromatic carbocycles. The van der Waals surface area contributed by atoms with Crippen molar-refractivity contribution < 1.29 is 9.53 Å². The van der Waals surface area contributed by atoms with Crippen molar-refractivity contribution in [3.05, 3.63) is 38.7 Å². The Labute approximate surface area is 91.4 Å². The van der Waals surface area contributed by atoms with Gasteiger partial charge in [0.2, 0.25) is 0 Å². The molecular formula is C10H12N2O4. The molecule has 0 bridgehead atoms. The molecule has 0 saturated heterocycles. The molecule has 1 aromatic heterocycles. The highest BCUT2D eigenvalue weighted by Crippen LogP contribution is 1.92. The molecule has 1 rings (SSSR count). The lowest BCUT2D eigenvalue weighted by atomic mass is 10.3. The number of aryl methyl sites for hydroxylation is 1. The zero-order chi connectivity index (χ0) is 12.3. The predicted molar refractivity (Wildman–Crippen MR) is 58.0 cm³/mol. The van der Waals surface area contributed by atoms with Gasteiger partial charge in [-0.3, -0.25) is 9.36 Å². The highest BCUT2D eigenvalue weighted by Gasteiger charge is 2.04. The maximum Gasteiger partial charge on any atom is 0.330 e. The minimum absolute atomic E-state index is 0.245. The molecule has 0 aliphatic rings. The van der Waals surface area contributed by atoms with E-state index in [1.807, 2.05) is 0 Å². The molecule has 0 unspecified atom stereocenters. The largest absolute Gasteiger partial charge is 0.466 e. The molecule has 6 heteroatoms. The third-order valence-corrected chi connectivity index (χ3v) is 2.07. The molecule has 0 N–H and O–H groups in total. The maximum atomic E-state index is 11.6. The van der Waals surface area contributed by atoms with Crippen molar-refractivity contribution in [1.82, 2.24) is 9.13 Å². The SMILES string of the molecule is COC(=O)/C=C/c1cn(C)c(=O)n(C)c1=O. The number of hydrogen-bond acceptors (Lipinski definition) is 4. The summed E-state index contributed by atoms with van der Waals surface area (Å²) in [7, 11) is 4.14. The van der Waals surface area contributed by atoms with E-state index in [0.717, 1.165) is 10.6 Å². The number of hydrogen-bond donors (Lipinski definition) is 0. The predicted octanol–water partition coefficient (Wildman–Crippen LogP) is -0.730. The molecule has 0 radical (unpaired) electrons. The van der Waals surface area contributed by atoms with E-state index in [1.54, 1.807) is 0 Å². The number of rotatable bonds is 2. The van der Waals surface area contributed by atoms with Crippen molar-refractivity contribution in [2.24, 2.45) is 14.1 Å². The first-order valence-corrected chi connectivity index (χ1v) is 4.50. The fourth-order valence-corrected chi connectivity index (χ4v) is 1.18. The Kier molecular flexibility index (Phi) is 3.44. The Morgan fingerprint density at radius 1 is 1.38 bits per heavy atom. The number of esters is 1. The number of aromatic nitrogens is 2. The van der Waals surface area contributed by atoms with Crippen LogP contribution in [0.4, 0.5) is 0 Å². The van der Waals surface area contributed by atoms with E-state index in [4.69, 9.17) is 0 Å². The van der Waals surface area contributed by atoms with Gasteiger partial charge in [0.05, 0.1) is 12.7 Å². The summed E-state index contributed by atoms with van der Waals surface area (Å²) in [6.07, 6.45) is 3.80. The first kappa shape index (κ1) is 12.0. The van der Waals surface area contributed by atoms with Crippen molar-refractivity contribution in [1.29, 1.82) is 0 Å². The maximum absolute atomic E-state index is 11.6. The van der Waals surface area contributed by atoms with Crippen LogP contribution in [-0.4, -0.2) is 22.2 Å². The summed E-state index contributed by atoms with van der Waals surface area (Å²) < 4.78 is 6.62. The summed E-state index contributed by atoms with van der Waals surface area (Å²) in [5, 5.41) is 0. The third kappa shape index (κ3) is 2.28. The van der Waals surface area contributed by atoms with Crippen molar-refractivity contribution >= 4 is 12.0 Å². The minimum Gasteiger partial charge on any atom is -0.466 e. The molecule has 16 heavy (non-hydrogen) atoms. The first-order chi connectivity index (χ1) is 7.47. The lowest BCUT2D eigenvalue weighted by Gasteiger charge is -2.02. The van der Waals surface area contributed by atoms with Crippen LogP contribution in [0, 0.1) is 0 Å². The third-order valence-electron chi connectivity index (χ3n) is 2.07. The molecule has 1 heterocycles. The quantitative estimate of drug-likeness (QED) is 0.490. The molecule has 0 saturated carbocycles. The number of methoxy groups -OCH3 is 1. The smallest absolute Gasteiger partial charge is 0.330 e. The zero-order valence-electron chi connectivity index (χ0n) is 9.26. The van der Waals surface area contributed by atoms with Crippen LogP contribution in [0.1, 0.15) is 5.56 Å². The first-order valence-electron chi connectivity index (χ1n) is 4.50. The summed E-state index contributed by atoms with van der Waals surface area (Å²) in [5.74, 6) is -0.559. The number of carbonyl (C=O) groups is 1. The molecule has 0 fully saturated rings. The van der Waals surface area contributed by atoms with Gasteiger partial charge >= 0.3 is 11.7 Å². The minimum atomic E-state index is -0.559. The van der Waals surface area contributed by atoms with Crippen molar-refractivity contribution in [2.75, 3.05) is 7.11 Å². The second kappa shape index (κ2) is 4.61. The number of nitrogens with zero attached hydrogens (tertiary/aromatic N) is 2. The normalized spacial score (nSPS) is 10.7. The lowest BCUT2D eigenvalue weighted by molar-refractivity contribution is -0.134. The van der Waals surface area contributed by atoms with Gasteiger partial charge in [0.1, 0.15) is 0 Å². The molecule has 0 spiro atoms. The van der Waals surface area contributed by atoms with Crippen molar-refractivity contribution in [3.63, 3.8) is 0 Å². The number of ether oxygens (including phenoxy) is 1. The summed E-state index contributed by atoms with van der Waals surface area (Å²) in [6, 6.07) is 0. The Hall–Kier alpha value is -2.11. The summed E-state index contributed by atoms with van der Waals surface area (Å²) in [4.78, 5) is 33.8. The standard InChI is InChI=1S/C10H12N2O4/c1-11-6-7(4-5-8(13)16-3)9(14)12(2)10(11)15/h4-6H,1-3H3/b5-4+. The number of carbonyl (C=O) groups excluding carboxylic acids is 1. The van der Waals surface area contributed by atoms with Gasteiger partial charge in [-0.2, -0.15) is 0 Å². The molecule has 0 aliphatic carbocycles. The lowest BCUT2D eigenvalue weighted by Crippen LogP contribution is -2.37. The second-order valence-electron chi connectivity index (χ2n) is 3.20. The van der Waals surface area contributed by atoms with Crippen LogP contribution in [-0.2, 0) is 23.6 Å². The Balaban J connectivity index is 3.27. The Bertz CT molecular complexity index is 551. The second-order valence-corrected chi connectivity index (χ2v) is 3.20. The highest BCUT2D eigenvalue weighted by molar-refractivity contribution is 5.86. The summed E-state index contributed by atoms with van der Waals surface area (Å²) in [5.41, 5.74) is -0.626. The van der Waals surface area contributed by atoms with Crippen LogP contribution in [0.2, 0.25) is 0 Å². The molecule has 86 valence electrons. The fraction of sp³-hybridized carbons (Fsp3) is 0.300. The van der Waals surface area contributed by atoms with Crippen LogP contribution >= 0.6 is 0 Å². The Morgan fingerprint density at radius 3 is 2.56 bits per heavy atom. The molecule has 0 amide bonds. The van der Waals surface area contributed by atoms with E-state index in [9.17, 15) is 14.4 Å². The van der Waals surface area contributed by atoms with Gasteiger partial charge in [-0.15, -0.1) is 0 Å². The molecule has 0 aliphatic heterocycles. The van der Waals surface area contributed by atoms with E-state index in [-0.39, 0.29) is 5.56 Å². The van der Waals surface area contributed by atoms with Gasteiger partial charge in [-0.05, 0) is 6.08 Å². The molecule has 0 atom stereocenters. The van der Waals surface area contributed by atoms with Gasteiger partial charge in [0.25, 0.3) is 5.56 Å². The average molecular weight is 224 g/mol. The van der Waals surface area contributed by atoms with Crippen LogP contribution < -0.4 is 11.2 Å². The Morgan fingerprint density at radius 2 is 2.00 bits per heavy atom. The van der Waals surface area contributed by atoms with Gasteiger partial charge in [-0.1, -0.05) is 0 Å². The summed E-state index contributed by atoms with van der Waals surface area (Å²) >= 11 is 0. The molecule has 1 aromatic rings. The monoisotopic (exact) mass is 224 g/mol. The van der Waals surface area contributed by atoms with E-state index < -0.39 is 17.2 Å². The zero-order valence-corrected chi connectivity index (χ0v) is 9.26. The van der Waals surface area contributed by atoms with Crippen LogP contribution in [0.5, 0.6) is 0 Å². The van der Waals surface area contributed by atoms with Crippen LogP contribution in [0.15, 0.2) is 21.9 Å². The van der Waals surface area contributed by atoms with Gasteiger partial charge < -0.3 is 9.30 Å². The van der Waals surface area contributed by atoms with Crippen molar-refractivity contribution in [3.8, 4) is 0 Å². The van der Waals surface area contributed by atoms with E-state index in [1.165, 1.54) is 38.0 Å². The average Bonchev–Trinajstić information content (AvgIpc) is 2.28. The fourth-order valence-electron chi connectivity index (χ4n) is 1.18. The van der Waals surface area contributed by atoms with Crippen LogP contribution in [0.3, 0.4) is 0 Å². The molecular weight excluding hydrogens is 212 g/mol. The highest BCUT2D eigenvalue weighted by atomic mass is 16.5. The molecule has 6 nitrogen and oxygen atoms in total. The van der Waals surface area contributed by atoms with Crippen LogP contribution in [0.25, 0.3) is 6.08 Å². The topological polar surface area (TPSA) is 70.3 Å². The van der Waals surface area contributed by atoms with Crippen molar-refractivity contribution in [2.45, 2.75) is 0 Å². The van der Waals surface area contributed by atoms with Gasteiger partial charge in [-0.25, -0.2) is 9.59 Å². The van der Waals surface area contributed by atoms with Gasteiger partial charge in [0.15, 0.2) is 0 Å².